The van der Waals surface area contributed by atoms with E-state index in [2.05, 4.69) is 181 Å². The van der Waals surface area contributed by atoms with Crippen LogP contribution in [-0.2, 0) is 6.54 Å². The van der Waals surface area contributed by atoms with Gasteiger partial charge in [-0.2, -0.15) is 0 Å². The normalized spacial score (nSPS) is 15.0. The van der Waals surface area contributed by atoms with Crippen molar-refractivity contribution in [2.24, 2.45) is 0 Å². The van der Waals surface area contributed by atoms with Crippen molar-refractivity contribution in [2.75, 3.05) is 10.6 Å². The van der Waals surface area contributed by atoms with Crippen LogP contribution in [0.25, 0.3) is 38.5 Å². The number of aryl methyl sites for hydroxylation is 1. The van der Waals surface area contributed by atoms with Crippen LogP contribution in [0.4, 0.5) is 17.1 Å². The van der Waals surface area contributed by atoms with Crippen LogP contribution in [0.1, 0.15) is 27.8 Å². The van der Waals surface area contributed by atoms with Crippen molar-refractivity contribution >= 4 is 55.6 Å². The maximum atomic E-state index is 6.55. The van der Waals surface area contributed by atoms with Crippen molar-refractivity contribution in [2.45, 2.75) is 13.5 Å². The SMILES string of the molecule is C=C1/C=C(c2ccc3c(c2)c2ccccc2n3C/C=C(/c2cccc(C)c2)c2ccccc2N)\C=C/N(c2ccccc2)c2ccccc21. The molecule has 1 aliphatic rings. The van der Waals surface area contributed by atoms with Gasteiger partial charge in [0.1, 0.15) is 0 Å². The summed E-state index contributed by atoms with van der Waals surface area (Å²) in [6.45, 7) is 7.35. The predicted octanol–water partition coefficient (Wildman–Crippen LogP) is 11.6. The third-order valence-corrected chi connectivity index (χ3v) is 9.44. The van der Waals surface area contributed by atoms with Gasteiger partial charge in [-0.3, -0.25) is 0 Å². The van der Waals surface area contributed by atoms with E-state index in [0.717, 1.165) is 56.0 Å². The maximum Gasteiger partial charge on any atom is 0.0533 e. The summed E-state index contributed by atoms with van der Waals surface area (Å²) >= 11 is 0. The average molecular weight is 632 g/mol. The predicted molar refractivity (Wildman–Crippen MR) is 210 cm³/mol. The molecular weight excluding hydrogens is 595 g/mol. The monoisotopic (exact) mass is 631 g/mol. The highest BCUT2D eigenvalue weighted by molar-refractivity contribution is 6.09. The van der Waals surface area contributed by atoms with Crippen LogP contribution in [0.5, 0.6) is 0 Å². The minimum absolute atomic E-state index is 0.698. The standard InChI is InChI=1S/C46H37N3/c1-32-13-12-14-36(29-32)39(40-18-6-9-20-43(40)47)26-28-49-45-22-11-8-19-41(45)42-31-34(23-24-46(42)49)35-25-27-48(37-15-4-3-5-16-37)44-21-10-7-17-38(44)33(2)30-35/h3-27,29-31H,2,28,47H2,1H3/b27-25-,35-30+,39-26-. The second-order valence-electron chi connectivity index (χ2n) is 12.6. The van der Waals surface area contributed by atoms with Gasteiger partial charge in [-0.1, -0.05) is 121 Å². The van der Waals surface area contributed by atoms with Gasteiger partial charge in [-0.25, -0.2) is 0 Å². The molecule has 3 nitrogen and oxygen atoms in total. The summed E-state index contributed by atoms with van der Waals surface area (Å²) in [4.78, 5) is 2.25. The average Bonchev–Trinajstić information content (AvgIpc) is 3.44. The topological polar surface area (TPSA) is 34.2 Å². The molecule has 0 unspecified atom stereocenters. The molecule has 0 bridgehead atoms. The van der Waals surface area contributed by atoms with E-state index in [1.165, 1.54) is 27.4 Å². The Balaban J connectivity index is 1.24. The molecule has 8 rings (SSSR count). The number of nitrogens with two attached hydrogens (primary N) is 1. The third kappa shape index (κ3) is 5.66. The Morgan fingerprint density at radius 1 is 0.714 bits per heavy atom. The van der Waals surface area contributed by atoms with Crippen LogP contribution in [0.2, 0.25) is 0 Å². The summed E-state index contributed by atoms with van der Waals surface area (Å²) in [7, 11) is 0. The summed E-state index contributed by atoms with van der Waals surface area (Å²) < 4.78 is 2.41. The first-order chi connectivity index (χ1) is 24.0. The van der Waals surface area contributed by atoms with Crippen LogP contribution >= 0.6 is 0 Å². The smallest absolute Gasteiger partial charge is 0.0533 e. The zero-order chi connectivity index (χ0) is 33.3. The number of hydrogen-bond acceptors (Lipinski definition) is 2. The van der Waals surface area contributed by atoms with Gasteiger partial charge >= 0.3 is 0 Å². The van der Waals surface area contributed by atoms with Crippen molar-refractivity contribution in [3.8, 4) is 0 Å². The fourth-order valence-electron chi connectivity index (χ4n) is 7.05. The fourth-order valence-corrected chi connectivity index (χ4v) is 7.05. The molecule has 0 spiro atoms. The Bertz CT molecular complexity index is 2460. The molecule has 3 heteroatoms. The Labute approximate surface area is 287 Å². The van der Waals surface area contributed by atoms with Gasteiger partial charge in [0.25, 0.3) is 0 Å². The number of rotatable bonds is 6. The molecule has 0 radical (unpaired) electrons. The number of para-hydroxylation sites is 4. The van der Waals surface area contributed by atoms with E-state index in [0.29, 0.717) is 6.54 Å². The highest BCUT2D eigenvalue weighted by Gasteiger charge is 2.17. The molecule has 0 atom stereocenters. The zero-order valence-electron chi connectivity index (χ0n) is 27.6. The van der Waals surface area contributed by atoms with Crippen LogP contribution < -0.4 is 10.6 Å². The number of benzene rings is 6. The highest BCUT2D eigenvalue weighted by atomic mass is 15.1. The number of fused-ring (bicyclic) bond motifs is 4. The Morgan fingerprint density at radius 3 is 2.33 bits per heavy atom. The molecule has 0 amide bonds. The van der Waals surface area contributed by atoms with Gasteiger partial charge in [0, 0.05) is 57.1 Å². The van der Waals surface area contributed by atoms with Crippen LogP contribution in [0.15, 0.2) is 177 Å². The van der Waals surface area contributed by atoms with Gasteiger partial charge in [0.05, 0.1) is 5.69 Å². The van der Waals surface area contributed by atoms with Crippen molar-refractivity contribution in [3.05, 3.63) is 204 Å². The van der Waals surface area contributed by atoms with E-state index in [4.69, 9.17) is 5.73 Å². The van der Waals surface area contributed by atoms with E-state index in [1.807, 2.05) is 12.1 Å². The Kier molecular flexibility index (Phi) is 7.79. The molecule has 1 aliphatic heterocycles. The lowest BCUT2D eigenvalue weighted by Crippen LogP contribution is -2.11. The first kappa shape index (κ1) is 30.0. The number of allylic oxidation sites excluding steroid dienone is 5. The van der Waals surface area contributed by atoms with E-state index >= 15 is 0 Å². The summed E-state index contributed by atoms with van der Waals surface area (Å²) in [6.07, 6.45) is 8.90. The van der Waals surface area contributed by atoms with Crippen LogP contribution in [-0.4, -0.2) is 4.57 Å². The minimum Gasteiger partial charge on any atom is -0.398 e. The summed E-state index contributed by atoms with van der Waals surface area (Å²) in [5, 5.41) is 2.45. The number of anilines is 3. The number of aromatic nitrogens is 1. The Morgan fingerprint density at radius 2 is 1.47 bits per heavy atom. The third-order valence-electron chi connectivity index (χ3n) is 9.44. The summed E-state index contributed by atoms with van der Waals surface area (Å²) in [5.41, 5.74) is 20.8. The van der Waals surface area contributed by atoms with Gasteiger partial charge in [-0.05, 0) is 89.4 Å². The molecule has 49 heavy (non-hydrogen) atoms. The molecule has 7 aromatic rings. The van der Waals surface area contributed by atoms with Crippen molar-refractivity contribution in [1.82, 2.24) is 4.57 Å². The van der Waals surface area contributed by atoms with Crippen molar-refractivity contribution in [1.29, 1.82) is 0 Å². The lowest BCUT2D eigenvalue weighted by atomic mass is 9.95. The van der Waals surface area contributed by atoms with Crippen LogP contribution in [0, 0.1) is 6.92 Å². The molecule has 6 aromatic carbocycles. The highest BCUT2D eigenvalue weighted by Crippen LogP contribution is 2.38. The fraction of sp³-hybridized carbons (Fsp3) is 0.0435. The summed E-state index contributed by atoms with van der Waals surface area (Å²) in [6, 6.07) is 51.3. The lowest BCUT2D eigenvalue weighted by molar-refractivity contribution is 0.900. The van der Waals surface area contributed by atoms with Gasteiger partial charge in [0.15, 0.2) is 0 Å². The molecule has 1 aromatic heterocycles. The Hall–Kier alpha value is -6.32. The lowest BCUT2D eigenvalue weighted by Gasteiger charge is -2.26. The summed E-state index contributed by atoms with van der Waals surface area (Å²) in [5.74, 6) is 0. The molecule has 0 saturated heterocycles. The molecular formula is C46H37N3. The zero-order valence-corrected chi connectivity index (χ0v) is 27.6. The second kappa shape index (κ2) is 12.7. The first-order valence-corrected chi connectivity index (χ1v) is 16.7. The van der Waals surface area contributed by atoms with Crippen molar-refractivity contribution < 1.29 is 0 Å². The van der Waals surface area contributed by atoms with E-state index in [9.17, 15) is 0 Å². The minimum atomic E-state index is 0.698. The van der Waals surface area contributed by atoms with Gasteiger partial charge in [-0.15, -0.1) is 0 Å². The van der Waals surface area contributed by atoms with Gasteiger partial charge < -0.3 is 15.2 Å². The number of hydrogen-bond donors (Lipinski definition) is 1. The first-order valence-electron chi connectivity index (χ1n) is 16.7. The second-order valence-corrected chi connectivity index (χ2v) is 12.6. The largest absolute Gasteiger partial charge is 0.398 e. The molecule has 2 N–H and O–H groups in total. The molecule has 0 aliphatic carbocycles. The van der Waals surface area contributed by atoms with E-state index < -0.39 is 0 Å². The van der Waals surface area contributed by atoms with Crippen LogP contribution in [0.3, 0.4) is 0 Å². The number of nitrogens with zero attached hydrogens (tertiary/aromatic N) is 2. The molecule has 2 heterocycles. The van der Waals surface area contributed by atoms with Gasteiger partial charge in [0.2, 0.25) is 0 Å². The quantitative estimate of drug-likeness (QED) is 0.185. The van der Waals surface area contributed by atoms with E-state index in [1.54, 1.807) is 0 Å². The molecule has 0 fully saturated rings. The molecule has 0 saturated carbocycles. The number of nitrogen functional groups attached to an aromatic ring is 1. The maximum absolute atomic E-state index is 6.55. The molecule has 236 valence electrons. The van der Waals surface area contributed by atoms with Crippen molar-refractivity contribution in [3.63, 3.8) is 0 Å². The van der Waals surface area contributed by atoms with E-state index in [-0.39, 0.29) is 0 Å².